The topological polar surface area (TPSA) is 58.2 Å². The predicted molar refractivity (Wildman–Crippen MR) is 89.3 cm³/mol. The highest BCUT2D eigenvalue weighted by Gasteiger charge is 2.30. The van der Waals surface area contributed by atoms with Crippen molar-refractivity contribution in [3.8, 4) is 0 Å². The highest BCUT2D eigenvalue weighted by Crippen LogP contribution is 2.29. The molecule has 0 fully saturated rings. The fourth-order valence-electron chi connectivity index (χ4n) is 2.18. The minimum Gasteiger partial charge on any atom is -0.313 e. The Morgan fingerprint density at radius 2 is 1.64 bits per heavy atom. The fraction of sp³-hybridized carbons (Fsp3) is 0.294. The van der Waals surface area contributed by atoms with Crippen molar-refractivity contribution in [1.29, 1.82) is 0 Å². The summed E-state index contributed by atoms with van der Waals surface area (Å²) in [5.41, 5.74) is 0.373. The normalized spacial score (nSPS) is 12.3. The smallest absolute Gasteiger partial charge is 0.313 e. The fourth-order valence-corrected chi connectivity index (χ4v) is 3.19. The van der Waals surface area contributed by atoms with Gasteiger partial charge in [-0.3, -0.25) is 0 Å². The number of rotatable bonds is 7. The summed E-state index contributed by atoms with van der Waals surface area (Å²) >= 11 is 0. The molecule has 136 valence electrons. The van der Waals surface area contributed by atoms with E-state index < -0.39 is 21.8 Å². The van der Waals surface area contributed by atoms with Crippen molar-refractivity contribution in [2.24, 2.45) is 0 Å². The number of sulfonamides is 1. The van der Waals surface area contributed by atoms with Crippen LogP contribution in [0.15, 0.2) is 53.4 Å². The van der Waals surface area contributed by atoms with E-state index in [-0.39, 0.29) is 17.0 Å². The lowest BCUT2D eigenvalue weighted by Gasteiger charge is -2.10. The second-order valence-electron chi connectivity index (χ2n) is 5.45. The van der Waals surface area contributed by atoms with Gasteiger partial charge in [0.1, 0.15) is 0 Å². The van der Waals surface area contributed by atoms with E-state index in [1.165, 1.54) is 24.3 Å². The number of alkyl halides is 3. The molecule has 0 unspecified atom stereocenters. The molecule has 2 aromatic carbocycles. The Labute approximate surface area is 145 Å². The van der Waals surface area contributed by atoms with Crippen molar-refractivity contribution in [2.75, 3.05) is 6.54 Å². The Kier molecular flexibility index (Phi) is 6.21. The van der Waals surface area contributed by atoms with Crippen LogP contribution in [0.25, 0.3) is 0 Å². The highest BCUT2D eigenvalue weighted by molar-refractivity contribution is 7.89. The van der Waals surface area contributed by atoms with Gasteiger partial charge in [-0.1, -0.05) is 37.3 Å². The van der Waals surface area contributed by atoms with Crippen LogP contribution in [0.3, 0.4) is 0 Å². The van der Waals surface area contributed by atoms with Crippen molar-refractivity contribution in [3.63, 3.8) is 0 Å². The molecule has 2 N–H and O–H groups in total. The predicted octanol–water partition coefficient (Wildman–Crippen LogP) is 3.29. The van der Waals surface area contributed by atoms with Crippen LogP contribution in [0.2, 0.25) is 0 Å². The Balaban J connectivity index is 2.06. The van der Waals surface area contributed by atoms with E-state index >= 15 is 0 Å². The first-order valence-electron chi connectivity index (χ1n) is 7.68. The zero-order valence-corrected chi connectivity index (χ0v) is 14.4. The second kappa shape index (κ2) is 7.99. The highest BCUT2D eigenvalue weighted by atomic mass is 32.2. The summed E-state index contributed by atoms with van der Waals surface area (Å²) < 4.78 is 64.9. The zero-order chi connectivity index (χ0) is 18.5. The van der Waals surface area contributed by atoms with E-state index in [0.717, 1.165) is 24.2 Å². The minimum absolute atomic E-state index is 0.0692. The van der Waals surface area contributed by atoms with Crippen molar-refractivity contribution in [3.05, 3.63) is 65.2 Å². The number of hydrogen-bond acceptors (Lipinski definition) is 3. The molecule has 0 saturated carbocycles. The molecule has 0 radical (unpaired) electrons. The van der Waals surface area contributed by atoms with Crippen LogP contribution < -0.4 is 10.0 Å². The third-order valence-corrected chi connectivity index (χ3v) is 4.95. The van der Waals surface area contributed by atoms with Crippen molar-refractivity contribution in [2.45, 2.75) is 31.1 Å². The zero-order valence-electron chi connectivity index (χ0n) is 13.6. The van der Waals surface area contributed by atoms with Crippen molar-refractivity contribution in [1.82, 2.24) is 10.0 Å². The summed E-state index contributed by atoms with van der Waals surface area (Å²) in [6.07, 6.45) is -4.46. The maximum Gasteiger partial charge on any atom is 0.416 e. The molecule has 2 aromatic rings. The molecule has 0 aliphatic heterocycles. The van der Waals surface area contributed by atoms with Crippen molar-refractivity contribution < 1.29 is 21.6 Å². The Bertz CT molecular complexity index is 803. The lowest BCUT2D eigenvalue weighted by molar-refractivity contribution is -0.137. The molecule has 0 aliphatic rings. The third kappa shape index (κ3) is 5.55. The van der Waals surface area contributed by atoms with Gasteiger partial charge in [-0.15, -0.1) is 0 Å². The van der Waals surface area contributed by atoms with Gasteiger partial charge in [-0.25, -0.2) is 13.1 Å². The number of nitrogens with one attached hydrogen (secondary N) is 2. The van der Waals surface area contributed by atoms with Gasteiger partial charge < -0.3 is 5.32 Å². The Hall–Kier alpha value is -1.90. The van der Waals surface area contributed by atoms with Crippen molar-refractivity contribution >= 4 is 10.0 Å². The molecular formula is C17H19F3N2O2S. The van der Waals surface area contributed by atoms with E-state index in [1.807, 2.05) is 6.92 Å². The van der Waals surface area contributed by atoms with E-state index in [1.54, 1.807) is 12.1 Å². The van der Waals surface area contributed by atoms with Gasteiger partial charge >= 0.3 is 6.18 Å². The standard InChI is InChI=1S/C17H19F3N2O2S/c1-2-21-11-13-6-8-16(9-7-13)25(23,24)22-12-14-4-3-5-15(10-14)17(18,19)20/h3-10,21-22H,2,11-12H2,1H3. The van der Waals surface area contributed by atoms with Gasteiger partial charge in [0.15, 0.2) is 0 Å². The van der Waals surface area contributed by atoms with Gasteiger partial charge in [0.05, 0.1) is 10.5 Å². The number of halogens is 3. The summed E-state index contributed by atoms with van der Waals surface area (Å²) in [5.74, 6) is 0. The maximum absolute atomic E-state index is 12.7. The van der Waals surface area contributed by atoms with Gasteiger partial charge in [0.25, 0.3) is 0 Å². The minimum atomic E-state index is -4.46. The summed E-state index contributed by atoms with van der Waals surface area (Å²) in [4.78, 5) is 0.0692. The third-order valence-electron chi connectivity index (χ3n) is 3.53. The Morgan fingerprint density at radius 3 is 2.24 bits per heavy atom. The molecule has 25 heavy (non-hydrogen) atoms. The first kappa shape index (κ1) is 19.4. The van der Waals surface area contributed by atoms with Crippen LogP contribution in [0.5, 0.6) is 0 Å². The summed E-state index contributed by atoms with van der Waals surface area (Å²) in [7, 11) is -3.80. The maximum atomic E-state index is 12.7. The van der Waals surface area contributed by atoms with Crippen LogP contribution in [0, 0.1) is 0 Å². The molecule has 0 aromatic heterocycles. The lowest BCUT2D eigenvalue weighted by atomic mass is 10.1. The monoisotopic (exact) mass is 372 g/mol. The van der Waals surface area contributed by atoms with Gasteiger partial charge in [0, 0.05) is 13.1 Å². The van der Waals surface area contributed by atoms with E-state index in [4.69, 9.17) is 0 Å². The van der Waals surface area contributed by atoms with Crippen LogP contribution in [-0.2, 0) is 29.3 Å². The largest absolute Gasteiger partial charge is 0.416 e. The van der Waals surface area contributed by atoms with Crippen LogP contribution in [-0.4, -0.2) is 15.0 Å². The number of hydrogen-bond donors (Lipinski definition) is 2. The van der Waals surface area contributed by atoms with Crippen LogP contribution in [0.1, 0.15) is 23.6 Å². The molecule has 0 amide bonds. The Morgan fingerprint density at radius 1 is 0.960 bits per heavy atom. The molecule has 0 bridgehead atoms. The van der Waals surface area contributed by atoms with Gasteiger partial charge in [0.2, 0.25) is 10.0 Å². The molecule has 0 atom stereocenters. The molecule has 8 heteroatoms. The molecule has 2 rings (SSSR count). The van der Waals surface area contributed by atoms with E-state index in [9.17, 15) is 21.6 Å². The van der Waals surface area contributed by atoms with E-state index in [2.05, 4.69) is 10.0 Å². The van der Waals surface area contributed by atoms with Crippen LogP contribution >= 0.6 is 0 Å². The second-order valence-corrected chi connectivity index (χ2v) is 7.21. The SMILES string of the molecule is CCNCc1ccc(S(=O)(=O)NCc2cccc(C(F)(F)F)c2)cc1. The van der Waals surface area contributed by atoms with Crippen LogP contribution in [0.4, 0.5) is 13.2 Å². The molecular weight excluding hydrogens is 353 g/mol. The van der Waals surface area contributed by atoms with E-state index in [0.29, 0.717) is 6.54 Å². The molecule has 0 spiro atoms. The molecule has 0 aliphatic carbocycles. The quantitative estimate of drug-likeness (QED) is 0.784. The average molecular weight is 372 g/mol. The van der Waals surface area contributed by atoms with Gasteiger partial charge in [-0.05, 0) is 35.9 Å². The lowest BCUT2D eigenvalue weighted by Crippen LogP contribution is -2.23. The van der Waals surface area contributed by atoms with Gasteiger partial charge in [-0.2, -0.15) is 13.2 Å². The average Bonchev–Trinajstić information content (AvgIpc) is 2.58. The summed E-state index contributed by atoms with van der Waals surface area (Å²) in [5, 5.41) is 3.13. The summed E-state index contributed by atoms with van der Waals surface area (Å²) in [6.45, 7) is 3.19. The first-order chi connectivity index (χ1) is 11.7. The molecule has 0 heterocycles. The molecule has 0 saturated heterocycles. The number of benzene rings is 2. The first-order valence-corrected chi connectivity index (χ1v) is 9.16. The summed E-state index contributed by atoms with van der Waals surface area (Å²) in [6, 6.07) is 10.9. The molecule has 4 nitrogen and oxygen atoms in total.